The van der Waals surface area contributed by atoms with Gasteiger partial charge in [-0.2, -0.15) is 0 Å². The number of benzene rings is 3. The summed E-state index contributed by atoms with van der Waals surface area (Å²) in [5, 5.41) is 13.5. The maximum Gasteiger partial charge on any atom is 0.161 e. The Kier molecular flexibility index (Phi) is 9.51. The van der Waals surface area contributed by atoms with E-state index in [0.29, 0.717) is 19.7 Å². The number of methoxy groups -OCH3 is 1. The molecule has 0 spiro atoms. The lowest BCUT2D eigenvalue weighted by Crippen LogP contribution is -2.21. The summed E-state index contributed by atoms with van der Waals surface area (Å²) in [6, 6.07) is 25.9. The fourth-order valence-electron chi connectivity index (χ4n) is 3.01. The first-order chi connectivity index (χ1) is 13.8. The molecular formula is C24H28ClNO3. The highest BCUT2D eigenvalue weighted by Crippen LogP contribution is 2.28. The fourth-order valence-corrected chi connectivity index (χ4v) is 3.01. The van der Waals surface area contributed by atoms with Crippen molar-refractivity contribution < 1.29 is 14.6 Å². The highest BCUT2D eigenvalue weighted by Gasteiger charge is 2.08. The van der Waals surface area contributed by atoms with Crippen LogP contribution in [0.4, 0.5) is 0 Å². The van der Waals surface area contributed by atoms with E-state index in [-0.39, 0.29) is 12.4 Å². The third-order valence-corrected chi connectivity index (χ3v) is 4.57. The highest BCUT2D eigenvalue weighted by molar-refractivity contribution is 5.85. The van der Waals surface area contributed by atoms with Crippen molar-refractivity contribution in [1.29, 1.82) is 0 Å². The van der Waals surface area contributed by atoms with Gasteiger partial charge in [-0.3, -0.25) is 0 Å². The highest BCUT2D eigenvalue weighted by atomic mass is 35.5. The maximum absolute atomic E-state index is 10.2. The van der Waals surface area contributed by atoms with Crippen molar-refractivity contribution in [2.75, 3.05) is 20.3 Å². The summed E-state index contributed by atoms with van der Waals surface area (Å²) in [6.45, 7) is 1.73. The van der Waals surface area contributed by atoms with Crippen LogP contribution in [-0.4, -0.2) is 25.4 Å². The number of hydrogen-bond donors (Lipinski definition) is 2. The van der Waals surface area contributed by atoms with Crippen LogP contribution < -0.4 is 14.8 Å². The summed E-state index contributed by atoms with van der Waals surface area (Å²) in [5.41, 5.74) is 3.24. The SMILES string of the molecule is COc1cc(CNCC(O)c2ccccc2)ccc1OCCc1ccccc1.Cl. The zero-order valence-corrected chi connectivity index (χ0v) is 17.4. The Morgan fingerprint density at radius 1 is 0.862 bits per heavy atom. The third-order valence-electron chi connectivity index (χ3n) is 4.57. The van der Waals surface area contributed by atoms with Crippen LogP contribution in [0.3, 0.4) is 0 Å². The lowest BCUT2D eigenvalue weighted by Gasteiger charge is -2.14. The Balaban J connectivity index is 0.00000300. The van der Waals surface area contributed by atoms with Crippen molar-refractivity contribution in [3.8, 4) is 11.5 Å². The molecule has 3 aromatic carbocycles. The van der Waals surface area contributed by atoms with Crippen LogP contribution >= 0.6 is 12.4 Å². The zero-order valence-electron chi connectivity index (χ0n) is 16.6. The topological polar surface area (TPSA) is 50.7 Å². The van der Waals surface area contributed by atoms with Crippen molar-refractivity contribution in [3.05, 3.63) is 95.6 Å². The molecule has 3 rings (SSSR count). The minimum absolute atomic E-state index is 0. The Morgan fingerprint density at radius 2 is 1.55 bits per heavy atom. The maximum atomic E-state index is 10.2. The summed E-state index contributed by atoms with van der Waals surface area (Å²) < 4.78 is 11.4. The second kappa shape index (κ2) is 12.1. The van der Waals surface area contributed by atoms with Gasteiger partial charge < -0.3 is 19.9 Å². The number of ether oxygens (including phenoxy) is 2. The molecular weight excluding hydrogens is 386 g/mol. The largest absolute Gasteiger partial charge is 0.493 e. The molecule has 0 aliphatic heterocycles. The predicted octanol–water partition coefficient (Wildman–Crippen LogP) is 4.56. The van der Waals surface area contributed by atoms with Crippen LogP contribution in [0.25, 0.3) is 0 Å². The minimum Gasteiger partial charge on any atom is -0.493 e. The Hall–Kier alpha value is -2.53. The van der Waals surface area contributed by atoms with E-state index in [1.165, 1.54) is 5.56 Å². The van der Waals surface area contributed by atoms with Crippen LogP contribution in [0.2, 0.25) is 0 Å². The molecule has 0 amide bonds. The van der Waals surface area contributed by atoms with Crippen molar-refractivity contribution in [2.24, 2.45) is 0 Å². The molecule has 0 aromatic heterocycles. The third kappa shape index (κ3) is 7.09. The van der Waals surface area contributed by atoms with Gasteiger partial charge in [-0.15, -0.1) is 12.4 Å². The quantitative estimate of drug-likeness (QED) is 0.511. The first-order valence-corrected chi connectivity index (χ1v) is 9.53. The van der Waals surface area contributed by atoms with E-state index in [0.717, 1.165) is 29.0 Å². The molecule has 0 bridgehead atoms. The average Bonchev–Trinajstić information content (AvgIpc) is 2.75. The molecule has 0 aliphatic carbocycles. The normalized spacial score (nSPS) is 11.4. The first kappa shape index (κ1) is 22.8. The van der Waals surface area contributed by atoms with Gasteiger partial charge in [0.1, 0.15) is 0 Å². The van der Waals surface area contributed by atoms with Crippen molar-refractivity contribution in [2.45, 2.75) is 19.1 Å². The Labute approximate surface area is 178 Å². The zero-order chi connectivity index (χ0) is 19.6. The lowest BCUT2D eigenvalue weighted by atomic mass is 10.1. The number of hydrogen-bond acceptors (Lipinski definition) is 4. The summed E-state index contributed by atoms with van der Waals surface area (Å²) >= 11 is 0. The van der Waals surface area contributed by atoms with Gasteiger partial charge in [0.15, 0.2) is 11.5 Å². The Morgan fingerprint density at radius 3 is 2.24 bits per heavy atom. The molecule has 4 nitrogen and oxygen atoms in total. The number of rotatable bonds is 10. The minimum atomic E-state index is -0.524. The number of halogens is 1. The van der Waals surface area contributed by atoms with Gasteiger partial charge in [0.25, 0.3) is 0 Å². The first-order valence-electron chi connectivity index (χ1n) is 9.53. The van der Waals surface area contributed by atoms with Crippen molar-refractivity contribution in [3.63, 3.8) is 0 Å². The molecule has 0 radical (unpaired) electrons. The van der Waals surface area contributed by atoms with Crippen LogP contribution in [0.1, 0.15) is 22.8 Å². The van der Waals surface area contributed by atoms with E-state index in [1.54, 1.807) is 7.11 Å². The summed E-state index contributed by atoms with van der Waals surface area (Å²) in [7, 11) is 1.65. The molecule has 0 fully saturated rings. The molecule has 0 heterocycles. The van der Waals surface area contributed by atoms with Gasteiger partial charge >= 0.3 is 0 Å². The molecule has 154 valence electrons. The van der Waals surface area contributed by atoms with Gasteiger partial charge in [0, 0.05) is 19.5 Å². The van der Waals surface area contributed by atoms with Crippen LogP contribution in [0.15, 0.2) is 78.9 Å². The molecule has 0 saturated heterocycles. The second-order valence-electron chi connectivity index (χ2n) is 6.63. The van der Waals surface area contributed by atoms with Gasteiger partial charge in [-0.1, -0.05) is 66.7 Å². The Bertz CT molecular complexity index is 843. The summed E-state index contributed by atoms with van der Waals surface area (Å²) in [5.74, 6) is 1.46. The monoisotopic (exact) mass is 413 g/mol. The van der Waals surface area contributed by atoms with Crippen LogP contribution in [-0.2, 0) is 13.0 Å². The van der Waals surface area contributed by atoms with Crippen LogP contribution in [0.5, 0.6) is 11.5 Å². The van der Waals surface area contributed by atoms with E-state index < -0.39 is 6.10 Å². The fraction of sp³-hybridized carbons (Fsp3) is 0.250. The van der Waals surface area contributed by atoms with E-state index in [1.807, 2.05) is 66.7 Å². The van der Waals surface area contributed by atoms with E-state index in [4.69, 9.17) is 9.47 Å². The molecule has 5 heteroatoms. The van der Waals surface area contributed by atoms with Gasteiger partial charge in [-0.25, -0.2) is 0 Å². The van der Waals surface area contributed by atoms with Gasteiger partial charge in [-0.05, 0) is 28.8 Å². The van der Waals surface area contributed by atoms with Gasteiger partial charge in [0.05, 0.1) is 19.8 Å². The molecule has 29 heavy (non-hydrogen) atoms. The second-order valence-corrected chi connectivity index (χ2v) is 6.63. The number of aliphatic hydroxyl groups excluding tert-OH is 1. The molecule has 0 saturated carbocycles. The molecule has 3 aromatic rings. The van der Waals surface area contributed by atoms with E-state index in [2.05, 4.69) is 17.4 Å². The van der Waals surface area contributed by atoms with E-state index >= 15 is 0 Å². The summed E-state index contributed by atoms with van der Waals surface area (Å²) in [4.78, 5) is 0. The number of aliphatic hydroxyl groups is 1. The van der Waals surface area contributed by atoms with Crippen molar-refractivity contribution >= 4 is 12.4 Å². The molecule has 2 N–H and O–H groups in total. The lowest BCUT2D eigenvalue weighted by molar-refractivity contribution is 0.174. The smallest absolute Gasteiger partial charge is 0.161 e. The van der Waals surface area contributed by atoms with E-state index in [9.17, 15) is 5.11 Å². The molecule has 0 aliphatic rings. The molecule has 1 unspecified atom stereocenters. The average molecular weight is 414 g/mol. The van der Waals surface area contributed by atoms with Crippen molar-refractivity contribution in [1.82, 2.24) is 5.32 Å². The standard InChI is InChI=1S/C24H27NO3.ClH/c1-27-24-16-20(17-25-18-22(26)21-10-6-3-7-11-21)12-13-23(24)28-15-14-19-8-4-2-5-9-19;/h2-13,16,22,25-26H,14-15,17-18H2,1H3;1H. The number of nitrogens with one attached hydrogen (secondary N) is 1. The predicted molar refractivity (Wildman–Crippen MR) is 119 cm³/mol. The van der Waals surface area contributed by atoms with Crippen LogP contribution in [0, 0.1) is 0 Å². The molecule has 1 atom stereocenters. The summed E-state index contributed by atoms with van der Waals surface area (Å²) in [6.07, 6.45) is 0.327. The van der Waals surface area contributed by atoms with Gasteiger partial charge in [0.2, 0.25) is 0 Å².